The molecule has 1 atom stereocenters. The van der Waals surface area contributed by atoms with Gasteiger partial charge in [-0.3, -0.25) is 19.8 Å². The van der Waals surface area contributed by atoms with E-state index < -0.39 is 22.8 Å². The fourth-order valence-electron chi connectivity index (χ4n) is 3.76. The highest BCUT2D eigenvalue weighted by Crippen LogP contribution is 2.32. The van der Waals surface area contributed by atoms with Crippen molar-refractivity contribution in [2.75, 3.05) is 18.5 Å². The third kappa shape index (κ3) is 5.60. The van der Waals surface area contributed by atoms with Gasteiger partial charge >= 0.3 is 12.0 Å². The largest absolute Gasteiger partial charge is 0.463 e. The second-order valence-corrected chi connectivity index (χ2v) is 8.16. The van der Waals surface area contributed by atoms with Crippen LogP contribution in [-0.4, -0.2) is 40.9 Å². The molecule has 2 N–H and O–H groups in total. The Morgan fingerprint density at radius 3 is 2.46 bits per heavy atom. The molecule has 1 aliphatic heterocycles. The van der Waals surface area contributed by atoms with Crippen molar-refractivity contribution in [1.82, 2.24) is 10.2 Å². The number of non-ortho nitro benzene ring substituents is 1. The first-order valence-electron chi connectivity index (χ1n) is 11.0. The maximum atomic E-state index is 12.7. The summed E-state index contributed by atoms with van der Waals surface area (Å²) in [6.45, 7) is 6.02. The van der Waals surface area contributed by atoms with Crippen molar-refractivity contribution in [3.05, 3.63) is 80.0 Å². The Hall–Kier alpha value is -3.92. The summed E-state index contributed by atoms with van der Waals surface area (Å²) in [6.07, 6.45) is 0.721. The van der Waals surface area contributed by atoms with Crippen LogP contribution in [0.2, 0.25) is 5.02 Å². The molecule has 0 saturated carbocycles. The highest BCUT2D eigenvalue weighted by atomic mass is 35.5. The molecule has 184 valence electrons. The van der Waals surface area contributed by atoms with Crippen molar-refractivity contribution in [3.63, 3.8) is 0 Å². The van der Waals surface area contributed by atoms with E-state index in [1.165, 1.54) is 17.0 Å². The van der Waals surface area contributed by atoms with Gasteiger partial charge in [-0.15, -0.1) is 0 Å². The van der Waals surface area contributed by atoms with Gasteiger partial charge in [0.2, 0.25) is 0 Å². The summed E-state index contributed by atoms with van der Waals surface area (Å²) in [5.74, 6) is -1.05. The number of carbonyl (C=O) groups is 3. The summed E-state index contributed by atoms with van der Waals surface area (Å²) in [5.41, 5.74) is 1.80. The number of ether oxygens (including phenoxy) is 1. The third-order valence-corrected chi connectivity index (χ3v) is 5.76. The number of nitrogens with one attached hydrogen (secondary N) is 2. The van der Waals surface area contributed by atoms with Gasteiger partial charge in [0.05, 0.1) is 33.7 Å². The van der Waals surface area contributed by atoms with Gasteiger partial charge in [0.1, 0.15) is 0 Å². The van der Waals surface area contributed by atoms with E-state index in [2.05, 4.69) is 10.6 Å². The van der Waals surface area contributed by atoms with E-state index in [1.54, 1.807) is 38.1 Å². The van der Waals surface area contributed by atoms with Gasteiger partial charge in [-0.2, -0.15) is 0 Å². The van der Waals surface area contributed by atoms with Crippen molar-refractivity contribution in [2.45, 2.75) is 33.2 Å². The maximum Gasteiger partial charge on any atom is 0.338 e. The fraction of sp³-hybridized carbons (Fsp3) is 0.292. The Morgan fingerprint density at radius 1 is 1.20 bits per heavy atom. The lowest BCUT2D eigenvalue weighted by Crippen LogP contribution is -2.48. The predicted octanol–water partition coefficient (Wildman–Crippen LogP) is 4.81. The average Bonchev–Trinajstić information content (AvgIpc) is 2.81. The Balaban J connectivity index is 1.85. The van der Waals surface area contributed by atoms with Crippen LogP contribution in [0.4, 0.5) is 16.2 Å². The van der Waals surface area contributed by atoms with Crippen molar-refractivity contribution in [1.29, 1.82) is 0 Å². The molecule has 0 bridgehead atoms. The standard InChI is InChI=1S/C24H25ClN4O6/c1-4-12-28-14(3)20(23(31)35-5-2)21(27-24(28)32)15-6-8-16(9-7-15)26-22(30)18-11-10-17(29(33)34)13-19(18)25/h6-11,13,21H,4-5,12H2,1-3H3,(H,26,30)(H,27,32)/t21-/m0/s1. The zero-order chi connectivity index (χ0) is 25.7. The number of benzene rings is 2. The number of hydrogen-bond acceptors (Lipinski definition) is 6. The zero-order valence-electron chi connectivity index (χ0n) is 19.5. The molecule has 0 aliphatic carbocycles. The van der Waals surface area contributed by atoms with Crippen molar-refractivity contribution in [2.24, 2.45) is 0 Å². The summed E-state index contributed by atoms with van der Waals surface area (Å²) in [5, 5.41) is 16.4. The monoisotopic (exact) mass is 500 g/mol. The number of nitrogens with zero attached hydrogens (tertiary/aromatic N) is 2. The number of nitro benzene ring substituents is 1. The number of amides is 3. The van der Waals surface area contributed by atoms with Crippen LogP contribution in [0.5, 0.6) is 0 Å². The smallest absolute Gasteiger partial charge is 0.338 e. The quantitative estimate of drug-likeness (QED) is 0.303. The lowest BCUT2D eigenvalue weighted by Gasteiger charge is -2.35. The summed E-state index contributed by atoms with van der Waals surface area (Å²) in [4.78, 5) is 49.8. The minimum absolute atomic E-state index is 0.0467. The van der Waals surface area contributed by atoms with Gasteiger partial charge < -0.3 is 15.4 Å². The maximum absolute atomic E-state index is 12.7. The fourth-order valence-corrected chi connectivity index (χ4v) is 4.02. The third-order valence-electron chi connectivity index (χ3n) is 5.45. The highest BCUT2D eigenvalue weighted by molar-refractivity contribution is 6.34. The van der Waals surface area contributed by atoms with Crippen LogP contribution in [0.1, 0.15) is 49.2 Å². The molecule has 1 heterocycles. The molecule has 0 unspecified atom stereocenters. The van der Waals surface area contributed by atoms with E-state index in [1.807, 2.05) is 6.92 Å². The number of urea groups is 1. The number of anilines is 1. The van der Waals surface area contributed by atoms with E-state index >= 15 is 0 Å². The van der Waals surface area contributed by atoms with E-state index in [0.717, 1.165) is 12.5 Å². The van der Waals surface area contributed by atoms with Gasteiger partial charge in [-0.25, -0.2) is 9.59 Å². The molecule has 3 amide bonds. The first-order valence-corrected chi connectivity index (χ1v) is 11.4. The molecule has 0 spiro atoms. The molecule has 2 aromatic rings. The summed E-state index contributed by atoms with van der Waals surface area (Å²) in [6, 6.07) is 9.16. The topological polar surface area (TPSA) is 131 Å². The van der Waals surface area contributed by atoms with E-state index in [4.69, 9.17) is 16.3 Å². The molecular formula is C24H25ClN4O6. The lowest BCUT2D eigenvalue weighted by molar-refractivity contribution is -0.384. The molecule has 35 heavy (non-hydrogen) atoms. The summed E-state index contributed by atoms with van der Waals surface area (Å²) >= 11 is 6.04. The number of carbonyl (C=O) groups excluding carboxylic acids is 3. The molecule has 2 aromatic carbocycles. The minimum Gasteiger partial charge on any atom is -0.463 e. The van der Waals surface area contributed by atoms with Gasteiger partial charge in [0.25, 0.3) is 11.6 Å². The number of esters is 1. The van der Waals surface area contributed by atoms with Gasteiger partial charge in [0, 0.05) is 30.1 Å². The second kappa shape index (κ2) is 11.0. The number of allylic oxidation sites excluding steroid dienone is 1. The number of rotatable bonds is 8. The summed E-state index contributed by atoms with van der Waals surface area (Å²) in [7, 11) is 0. The molecule has 0 saturated heterocycles. The second-order valence-electron chi connectivity index (χ2n) is 7.75. The predicted molar refractivity (Wildman–Crippen MR) is 130 cm³/mol. The van der Waals surface area contributed by atoms with Crippen molar-refractivity contribution >= 4 is 40.9 Å². The number of nitro groups is 1. The van der Waals surface area contributed by atoms with Crippen LogP contribution in [-0.2, 0) is 9.53 Å². The first-order chi connectivity index (χ1) is 16.7. The van der Waals surface area contributed by atoms with Crippen LogP contribution in [0, 0.1) is 10.1 Å². The molecule has 10 nitrogen and oxygen atoms in total. The van der Waals surface area contributed by atoms with Gasteiger partial charge in [0.15, 0.2) is 0 Å². The van der Waals surface area contributed by atoms with E-state index in [-0.39, 0.29) is 28.9 Å². The molecule has 11 heteroatoms. The van der Waals surface area contributed by atoms with E-state index in [0.29, 0.717) is 29.1 Å². The van der Waals surface area contributed by atoms with E-state index in [9.17, 15) is 24.5 Å². The molecule has 0 fully saturated rings. The Bertz CT molecular complexity index is 1200. The van der Waals surface area contributed by atoms with Crippen molar-refractivity contribution < 1.29 is 24.0 Å². The number of halogens is 1. The van der Waals surface area contributed by atoms with Gasteiger partial charge in [-0.05, 0) is 44.0 Å². The van der Waals surface area contributed by atoms with Crippen LogP contribution in [0.15, 0.2) is 53.7 Å². The Labute approximate surface area is 207 Å². The average molecular weight is 501 g/mol. The normalized spacial score (nSPS) is 15.5. The highest BCUT2D eigenvalue weighted by Gasteiger charge is 2.36. The van der Waals surface area contributed by atoms with Crippen LogP contribution in [0.3, 0.4) is 0 Å². The molecule has 0 aromatic heterocycles. The number of hydrogen-bond donors (Lipinski definition) is 2. The Morgan fingerprint density at radius 2 is 1.89 bits per heavy atom. The lowest BCUT2D eigenvalue weighted by atomic mass is 9.94. The molecule has 3 rings (SSSR count). The Kier molecular flexibility index (Phi) is 8.08. The summed E-state index contributed by atoms with van der Waals surface area (Å²) < 4.78 is 5.24. The van der Waals surface area contributed by atoms with Gasteiger partial charge in [-0.1, -0.05) is 30.7 Å². The SMILES string of the molecule is CCCN1C(=O)N[C@@H](c2ccc(NC(=O)c3ccc([N+](=O)[O-])cc3Cl)cc2)C(C(=O)OCC)=C1C. The molecule has 1 aliphatic rings. The zero-order valence-corrected chi connectivity index (χ0v) is 20.2. The minimum atomic E-state index is -0.719. The molecular weight excluding hydrogens is 476 g/mol. The van der Waals surface area contributed by atoms with Crippen LogP contribution >= 0.6 is 11.6 Å². The van der Waals surface area contributed by atoms with Crippen LogP contribution < -0.4 is 10.6 Å². The van der Waals surface area contributed by atoms with Crippen molar-refractivity contribution in [3.8, 4) is 0 Å². The first kappa shape index (κ1) is 25.7. The van der Waals surface area contributed by atoms with Crippen LogP contribution in [0.25, 0.3) is 0 Å². The molecule has 0 radical (unpaired) electrons.